The maximum absolute atomic E-state index is 14.4. The van der Waals surface area contributed by atoms with Crippen LogP contribution < -0.4 is 92.9 Å². The number of hydrogen-bond acceptors (Lipinski definition) is 23. The number of nitrogens with zero attached hydrogens (tertiary/aromatic N) is 3. The molecular formula is C58H96N20O20S. The largest absolute Gasteiger partial charge is 0.481 e. The van der Waals surface area contributed by atoms with Crippen LogP contribution in [-0.4, -0.2) is 273 Å². The zero-order valence-corrected chi connectivity index (χ0v) is 56.1. The van der Waals surface area contributed by atoms with Gasteiger partial charge >= 0.3 is 5.97 Å². The average molecular weight is 1430 g/mol. The van der Waals surface area contributed by atoms with E-state index in [9.17, 15) is 97.8 Å². The molecule has 2 rings (SSSR count). The summed E-state index contributed by atoms with van der Waals surface area (Å²) in [5, 5.41) is 86.2. The summed E-state index contributed by atoms with van der Waals surface area (Å²) >= 11 is 1.44. The Hall–Kier alpha value is -9.55. The maximum atomic E-state index is 14.4. The molecule has 14 unspecified atom stereocenters. The van der Waals surface area contributed by atoms with Crippen molar-refractivity contribution in [3.8, 4) is 0 Å². The number of aliphatic imine (C=N–C) groups is 2. The molecule has 40 nitrogen and oxygen atoms in total. The minimum Gasteiger partial charge on any atom is -0.481 e. The minimum absolute atomic E-state index is 0.000494. The number of primary amides is 1. The van der Waals surface area contributed by atoms with Gasteiger partial charge in [0.05, 0.1) is 44.6 Å². The van der Waals surface area contributed by atoms with Crippen LogP contribution in [0.3, 0.4) is 0 Å². The van der Waals surface area contributed by atoms with Crippen molar-refractivity contribution in [2.24, 2.45) is 44.4 Å². The second-order valence-electron chi connectivity index (χ2n) is 22.9. The monoisotopic (exact) mass is 1420 g/mol. The summed E-state index contributed by atoms with van der Waals surface area (Å²) in [7, 11) is 0. The number of thioether (sulfide) groups is 1. The quantitative estimate of drug-likeness (QED) is 0.0164. The normalized spacial score (nSPS) is 16.5. The number of hydrogen-bond donors (Lipinski definition) is 23. The molecule has 1 heterocycles. The number of aliphatic carboxylic acids is 1. The highest BCUT2D eigenvalue weighted by Gasteiger charge is 2.41. The number of guanidine groups is 2. The highest BCUT2D eigenvalue weighted by atomic mass is 32.2. The number of aliphatic hydroxyl groups excluding tert-OH is 5. The van der Waals surface area contributed by atoms with Crippen molar-refractivity contribution in [2.45, 2.75) is 170 Å². The number of carboxylic acids is 1. The van der Waals surface area contributed by atoms with E-state index in [1.807, 2.05) is 0 Å². The highest BCUT2D eigenvalue weighted by Crippen LogP contribution is 2.21. The third kappa shape index (κ3) is 30.8. The van der Waals surface area contributed by atoms with Crippen LogP contribution in [0.25, 0.3) is 0 Å². The van der Waals surface area contributed by atoms with Gasteiger partial charge in [-0.3, -0.25) is 77.1 Å². The summed E-state index contributed by atoms with van der Waals surface area (Å²) in [5.74, 6) is -15.0. The van der Waals surface area contributed by atoms with E-state index in [0.717, 1.165) is 25.7 Å². The number of nitrogens with one attached hydrogen (secondary N) is 11. The molecular weight excluding hydrogens is 1330 g/mol. The lowest BCUT2D eigenvalue weighted by atomic mass is 10.0. The van der Waals surface area contributed by atoms with Crippen molar-refractivity contribution >= 4 is 106 Å². The zero-order chi connectivity index (χ0) is 74.6. The van der Waals surface area contributed by atoms with Gasteiger partial charge < -0.3 is 128 Å². The third-order valence-corrected chi connectivity index (χ3v) is 15.6. The summed E-state index contributed by atoms with van der Waals surface area (Å²) in [6.07, 6.45) is -2.97. The van der Waals surface area contributed by atoms with Crippen LogP contribution in [0.4, 0.5) is 0 Å². The minimum atomic E-state index is -2.02. The van der Waals surface area contributed by atoms with Crippen molar-refractivity contribution in [3.05, 3.63) is 35.9 Å². The predicted molar refractivity (Wildman–Crippen MR) is 354 cm³/mol. The van der Waals surface area contributed by atoms with Crippen molar-refractivity contribution in [2.75, 3.05) is 58.0 Å². The summed E-state index contributed by atoms with van der Waals surface area (Å²) in [6, 6.07) is -11.1. The van der Waals surface area contributed by atoms with E-state index in [-0.39, 0.29) is 82.9 Å². The summed E-state index contributed by atoms with van der Waals surface area (Å²) in [4.78, 5) is 196. The molecule has 99 heavy (non-hydrogen) atoms. The van der Waals surface area contributed by atoms with Crippen LogP contribution in [0.5, 0.6) is 0 Å². The van der Waals surface area contributed by atoms with Crippen LogP contribution in [0, 0.1) is 0 Å². The van der Waals surface area contributed by atoms with Gasteiger partial charge in [0.15, 0.2) is 11.9 Å². The topological polar surface area (TPSA) is 677 Å². The van der Waals surface area contributed by atoms with Crippen LogP contribution >= 0.6 is 11.8 Å². The first-order valence-electron chi connectivity index (χ1n) is 31.4. The van der Waals surface area contributed by atoms with Gasteiger partial charge in [0.2, 0.25) is 76.8 Å². The van der Waals surface area contributed by atoms with Gasteiger partial charge in [0, 0.05) is 32.5 Å². The van der Waals surface area contributed by atoms with E-state index in [4.69, 9.17) is 34.4 Å². The number of carboxylic acid groups (broad SMARTS) is 1. The molecule has 1 aromatic carbocycles. The van der Waals surface area contributed by atoms with Crippen LogP contribution in [-0.2, 0) is 73.5 Å². The van der Waals surface area contributed by atoms with Gasteiger partial charge in [-0.2, -0.15) is 11.8 Å². The third-order valence-electron chi connectivity index (χ3n) is 14.9. The van der Waals surface area contributed by atoms with E-state index in [1.54, 1.807) is 36.6 Å². The molecule has 41 heteroatoms. The van der Waals surface area contributed by atoms with Gasteiger partial charge in [-0.25, -0.2) is 0 Å². The van der Waals surface area contributed by atoms with E-state index in [0.29, 0.717) is 11.3 Å². The van der Waals surface area contributed by atoms with Crippen molar-refractivity contribution in [3.63, 3.8) is 0 Å². The molecule has 14 atom stereocenters. The van der Waals surface area contributed by atoms with Crippen LogP contribution in [0.1, 0.15) is 84.1 Å². The van der Waals surface area contributed by atoms with Gasteiger partial charge in [-0.15, -0.1) is 0 Å². The second kappa shape index (κ2) is 44.4. The Morgan fingerprint density at radius 3 is 1.57 bits per heavy atom. The number of likely N-dealkylation sites (tertiary alicyclic amines) is 1. The molecule has 29 N–H and O–H groups in total. The van der Waals surface area contributed by atoms with Crippen molar-refractivity contribution in [1.82, 2.24) is 63.4 Å². The molecule has 554 valence electrons. The lowest BCUT2D eigenvalue weighted by Crippen LogP contribution is -2.63. The average Bonchev–Trinajstić information content (AvgIpc) is 1.74. The van der Waals surface area contributed by atoms with Gasteiger partial charge in [-0.1, -0.05) is 30.3 Å². The Morgan fingerprint density at radius 1 is 0.556 bits per heavy atom. The van der Waals surface area contributed by atoms with Crippen molar-refractivity contribution < 1.29 is 97.8 Å². The molecule has 0 saturated carbocycles. The van der Waals surface area contributed by atoms with Gasteiger partial charge in [0.25, 0.3) is 0 Å². The Bertz CT molecular complexity index is 2980. The fourth-order valence-corrected chi connectivity index (χ4v) is 9.97. The Morgan fingerprint density at radius 2 is 1.03 bits per heavy atom. The van der Waals surface area contributed by atoms with Gasteiger partial charge in [-0.05, 0) is 89.7 Å². The van der Waals surface area contributed by atoms with E-state index >= 15 is 0 Å². The summed E-state index contributed by atoms with van der Waals surface area (Å²) in [6.45, 7) is -0.570. The molecule has 1 fully saturated rings. The smallest absolute Gasteiger partial charge is 0.303 e. The van der Waals surface area contributed by atoms with Crippen molar-refractivity contribution in [1.29, 1.82) is 0 Å². The Kier molecular flexibility index (Phi) is 38.3. The molecule has 0 spiro atoms. The SMILES string of the molecule is CSCCC(N)C(=O)NC(CO)C(=O)NCC(=O)NC(CCCN=C(N)N)C(=O)N1CCCC1C(=O)NC(CCCN=C(N)N)C(=O)NC(C(=O)NC(C(=O)NC(CO)C(=O)NC(Cc1ccccc1)C(=O)NC(C)C(=O)NC(CCC(=O)O)C(=O)NC(CO)C(N)=O)C(C)O)C(C)O. The fourth-order valence-electron chi connectivity index (χ4n) is 9.48. The Labute approximate surface area is 573 Å². The standard InChI is InChI=1S/C58H96N20O20S/c1-28(46(88)70-34(16-17-42(85)86)49(91)73-37(25-79)45(60)87)68-51(93)36(23-31-11-6-5-7-12-31)72-52(94)39(27-81)75-54(96)43(29(2)82)77-55(97)44(30(3)83)76-50(92)33(13-8-19-65-57(61)62)71-53(95)40-15-10-21-78(40)56(98)35(14-9-20-66-58(63)64)69-41(84)24-67-48(90)38(26-80)74-47(89)32(59)18-22-99-4/h5-7,11-12,28-30,32-40,43-44,79-83H,8-10,13-27,59H2,1-4H3,(H2,60,87)(H,67,90)(H,68,93)(H,69,84)(H,70,88)(H,71,95)(H,72,94)(H,73,91)(H,74,89)(H,75,96)(H,76,92)(H,77,97)(H,85,86)(H4,61,62,65)(H4,63,64,66). The summed E-state index contributed by atoms with van der Waals surface area (Å²) < 4.78 is 0. The van der Waals surface area contributed by atoms with Crippen LogP contribution in [0.15, 0.2) is 40.3 Å². The van der Waals surface area contributed by atoms with E-state index in [1.165, 1.54) is 11.8 Å². The first kappa shape index (κ1) is 85.5. The fraction of sp³-hybridized carbons (Fsp3) is 0.621. The maximum Gasteiger partial charge on any atom is 0.303 e. The number of carbonyl (C=O) groups excluding carboxylic acids is 13. The van der Waals surface area contributed by atoms with E-state index < -0.39 is 207 Å². The number of rotatable bonds is 45. The number of carbonyl (C=O) groups is 14. The first-order chi connectivity index (χ1) is 46.7. The molecule has 1 saturated heterocycles. The van der Waals surface area contributed by atoms with Crippen LogP contribution in [0.2, 0.25) is 0 Å². The molecule has 0 radical (unpaired) electrons. The predicted octanol–water partition coefficient (Wildman–Crippen LogP) is -11.5. The molecule has 0 aromatic heterocycles. The summed E-state index contributed by atoms with van der Waals surface area (Å²) in [5.41, 5.74) is 33.4. The lowest BCUT2D eigenvalue weighted by Gasteiger charge is -2.31. The lowest BCUT2D eigenvalue weighted by molar-refractivity contribution is -0.142. The number of aliphatic hydroxyl groups is 5. The molecule has 13 amide bonds. The number of amides is 13. The highest BCUT2D eigenvalue weighted by molar-refractivity contribution is 7.98. The number of benzene rings is 1. The van der Waals surface area contributed by atoms with E-state index in [2.05, 4.69) is 68.5 Å². The molecule has 1 aromatic rings. The second-order valence-corrected chi connectivity index (χ2v) is 23.9. The first-order valence-corrected chi connectivity index (χ1v) is 32.8. The molecule has 0 aliphatic carbocycles. The Balaban J connectivity index is 2.37. The molecule has 1 aliphatic heterocycles. The van der Waals surface area contributed by atoms with Gasteiger partial charge in [0.1, 0.15) is 66.5 Å². The zero-order valence-electron chi connectivity index (χ0n) is 55.3. The molecule has 0 bridgehead atoms. The number of nitrogens with two attached hydrogens (primary N) is 6. The molecule has 1 aliphatic rings.